The van der Waals surface area contributed by atoms with Crippen molar-refractivity contribution in [3.8, 4) is 0 Å². The minimum absolute atomic E-state index is 0.0706. The summed E-state index contributed by atoms with van der Waals surface area (Å²) in [7, 11) is -9.97. The van der Waals surface area contributed by atoms with Crippen molar-refractivity contribution >= 4 is 39.5 Å². The van der Waals surface area contributed by atoms with Gasteiger partial charge in [0, 0.05) is 25.7 Å². The van der Waals surface area contributed by atoms with Gasteiger partial charge in [-0.2, -0.15) is 0 Å². The summed E-state index contributed by atoms with van der Waals surface area (Å²) in [5, 5.41) is 10.6. The molecule has 0 fully saturated rings. The van der Waals surface area contributed by atoms with Gasteiger partial charge in [-0.05, 0) is 122 Å². The maximum absolute atomic E-state index is 13.1. The minimum Gasteiger partial charge on any atom is -0.462 e. The number of unbranched alkanes of at least 4 members (excludes halogenated alkanes) is 26. The van der Waals surface area contributed by atoms with E-state index in [0.29, 0.717) is 32.1 Å². The molecule has 3 N–H and O–H groups in total. The zero-order valence-electron chi connectivity index (χ0n) is 62.6. The van der Waals surface area contributed by atoms with Crippen molar-refractivity contribution in [2.45, 2.75) is 329 Å². The highest BCUT2D eigenvalue weighted by molar-refractivity contribution is 7.47. The molecule has 0 radical (unpaired) electrons. The van der Waals surface area contributed by atoms with Gasteiger partial charge in [-0.3, -0.25) is 37.3 Å². The Morgan fingerprint density at radius 1 is 0.290 bits per heavy atom. The molecule has 0 bridgehead atoms. The fourth-order valence-corrected chi connectivity index (χ4v) is 11.6. The van der Waals surface area contributed by atoms with Crippen LogP contribution in [0.1, 0.15) is 310 Å². The number of phosphoric ester groups is 2. The lowest BCUT2D eigenvalue weighted by Gasteiger charge is -2.21. The summed E-state index contributed by atoms with van der Waals surface area (Å²) < 4.78 is 68.4. The molecule has 5 atom stereocenters. The van der Waals surface area contributed by atoms with Gasteiger partial charge in [-0.1, -0.05) is 284 Å². The van der Waals surface area contributed by atoms with E-state index in [4.69, 9.17) is 37.0 Å². The molecular formula is C81H138O17P2. The second-order valence-corrected chi connectivity index (χ2v) is 28.4. The maximum atomic E-state index is 13.1. The van der Waals surface area contributed by atoms with E-state index in [9.17, 15) is 43.2 Å². The first-order valence-electron chi connectivity index (χ1n) is 38.8. The van der Waals surface area contributed by atoms with Crippen LogP contribution in [0, 0.1) is 0 Å². The molecule has 100 heavy (non-hydrogen) atoms. The molecule has 0 aliphatic rings. The summed E-state index contributed by atoms with van der Waals surface area (Å²) >= 11 is 0. The number of aliphatic hydroxyl groups excluding tert-OH is 1. The van der Waals surface area contributed by atoms with Gasteiger partial charge >= 0.3 is 39.5 Å². The number of carbonyl (C=O) groups is 4. The average Bonchev–Trinajstić information content (AvgIpc) is 0.937. The second-order valence-electron chi connectivity index (χ2n) is 25.5. The second kappa shape index (κ2) is 72.8. The van der Waals surface area contributed by atoms with Crippen LogP contribution in [0.5, 0.6) is 0 Å². The van der Waals surface area contributed by atoms with E-state index in [-0.39, 0.29) is 25.7 Å². The van der Waals surface area contributed by atoms with Gasteiger partial charge in [-0.15, -0.1) is 0 Å². The van der Waals surface area contributed by atoms with Crippen molar-refractivity contribution in [3.63, 3.8) is 0 Å². The Labute approximate surface area is 606 Å². The predicted molar refractivity (Wildman–Crippen MR) is 408 cm³/mol. The predicted octanol–water partition coefficient (Wildman–Crippen LogP) is 22.3. The van der Waals surface area contributed by atoms with Crippen molar-refractivity contribution in [2.24, 2.45) is 0 Å². The lowest BCUT2D eigenvalue weighted by Crippen LogP contribution is -2.30. The Hall–Kier alpha value is -4.54. The molecule has 5 unspecified atom stereocenters. The van der Waals surface area contributed by atoms with Crippen molar-refractivity contribution in [1.29, 1.82) is 0 Å². The summed E-state index contributed by atoms with van der Waals surface area (Å²) in [6.45, 7) is 4.53. The third-order valence-corrected chi connectivity index (χ3v) is 17.8. The topological polar surface area (TPSA) is 237 Å². The smallest absolute Gasteiger partial charge is 0.462 e. The quantitative estimate of drug-likeness (QED) is 0.0169. The van der Waals surface area contributed by atoms with Gasteiger partial charge in [-0.25, -0.2) is 9.13 Å². The number of ether oxygens (including phenoxy) is 4. The summed E-state index contributed by atoms with van der Waals surface area (Å²) in [5.74, 6) is -2.26. The van der Waals surface area contributed by atoms with E-state index in [1.165, 1.54) is 64.2 Å². The highest BCUT2D eigenvalue weighted by Crippen LogP contribution is 2.45. The van der Waals surface area contributed by atoms with E-state index in [2.05, 4.69) is 137 Å². The zero-order valence-corrected chi connectivity index (χ0v) is 64.4. The monoisotopic (exact) mass is 1440 g/mol. The number of phosphoric acid groups is 2. The highest BCUT2D eigenvalue weighted by atomic mass is 31.2. The van der Waals surface area contributed by atoms with Crippen molar-refractivity contribution in [2.75, 3.05) is 39.6 Å². The molecule has 574 valence electrons. The molecule has 0 aliphatic carbocycles. The normalized spacial score (nSPS) is 14.6. The van der Waals surface area contributed by atoms with Crippen LogP contribution in [0.3, 0.4) is 0 Å². The first-order chi connectivity index (χ1) is 48.7. The largest absolute Gasteiger partial charge is 0.472 e. The van der Waals surface area contributed by atoms with Crippen molar-refractivity contribution in [3.05, 3.63) is 122 Å². The number of hydrogen-bond acceptors (Lipinski definition) is 15. The third kappa shape index (κ3) is 71.8. The van der Waals surface area contributed by atoms with Gasteiger partial charge in [0.1, 0.15) is 19.3 Å². The van der Waals surface area contributed by atoms with Crippen LogP contribution >= 0.6 is 15.6 Å². The lowest BCUT2D eigenvalue weighted by molar-refractivity contribution is -0.161. The Balaban J connectivity index is 5.35. The van der Waals surface area contributed by atoms with Crippen LogP contribution in [-0.4, -0.2) is 96.7 Å². The Kier molecular flexibility index (Phi) is 69.5. The molecule has 0 aliphatic heterocycles. The summed E-state index contributed by atoms with van der Waals surface area (Å²) in [6.07, 6.45) is 79.1. The molecule has 0 aromatic rings. The summed E-state index contributed by atoms with van der Waals surface area (Å²) in [4.78, 5) is 72.8. The van der Waals surface area contributed by atoms with Crippen LogP contribution in [0.25, 0.3) is 0 Å². The molecule has 0 aromatic heterocycles. The number of carbonyl (C=O) groups excluding carboxylic acids is 4. The fourth-order valence-electron chi connectivity index (χ4n) is 10.1. The van der Waals surface area contributed by atoms with Crippen LogP contribution in [0.15, 0.2) is 122 Å². The molecule has 0 aromatic carbocycles. The number of hydrogen-bond donors (Lipinski definition) is 3. The zero-order chi connectivity index (χ0) is 73.2. The SMILES string of the molecule is CC/C=C\C/C=C\C/C=C\C/C=C\C/C=C\CCCC(=O)OCC(COP(=O)(O)OCC(O)COP(=O)(O)OCC(COC(=O)CCCCCCCC/C=C\C/C=C\C/C=C\C/C=C\CC)OC(=O)CCCCCCCCCCCCCCC)OC(=O)CCCCCCC/C=C\CCCC. The summed E-state index contributed by atoms with van der Waals surface area (Å²) in [5.41, 5.74) is 0. The molecule has 0 rings (SSSR count). The van der Waals surface area contributed by atoms with Crippen molar-refractivity contribution in [1.82, 2.24) is 0 Å². The van der Waals surface area contributed by atoms with Crippen molar-refractivity contribution < 1.29 is 80.2 Å². The van der Waals surface area contributed by atoms with E-state index in [1.807, 2.05) is 12.2 Å². The third-order valence-electron chi connectivity index (χ3n) is 15.9. The maximum Gasteiger partial charge on any atom is 0.472 e. The Bertz CT molecular complexity index is 2370. The van der Waals surface area contributed by atoms with E-state index >= 15 is 0 Å². The van der Waals surface area contributed by atoms with Gasteiger partial charge in [0.15, 0.2) is 12.2 Å². The fraction of sp³-hybridized carbons (Fsp3) is 0.704. The molecule has 19 heteroatoms. The number of esters is 4. The van der Waals surface area contributed by atoms with Gasteiger partial charge in [0.25, 0.3) is 0 Å². The van der Waals surface area contributed by atoms with Crippen LogP contribution in [-0.2, 0) is 65.4 Å². The molecule has 0 amide bonds. The average molecular weight is 1450 g/mol. The van der Waals surface area contributed by atoms with E-state index in [0.717, 1.165) is 161 Å². The minimum atomic E-state index is -4.99. The molecule has 0 saturated carbocycles. The van der Waals surface area contributed by atoms with E-state index < -0.39 is 97.5 Å². The Morgan fingerprint density at radius 3 is 0.880 bits per heavy atom. The molecule has 0 saturated heterocycles. The first-order valence-corrected chi connectivity index (χ1v) is 41.8. The molecular weight excluding hydrogens is 1310 g/mol. The number of allylic oxidation sites excluding steroid dienone is 20. The highest BCUT2D eigenvalue weighted by Gasteiger charge is 2.30. The van der Waals surface area contributed by atoms with Gasteiger partial charge in [0.05, 0.1) is 26.4 Å². The standard InChI is InChI=1S/C81H138O17P2/c1-5-9-13-17-21-25-29-32-34-36-37-39-41-44-47-50-54-58-62-66-79(84)92-72-77(98-81(86)68-64-60-56-52-48-42-31-27-23-19-15-11-7-3)74-96-100(89,90)94-70-75(82)69-93-99(87,88)95-73-76(97-80(85)67-63-59-55-51-45-28-24-20-16-12-8-4)71-91-78(83)65-61-57-53-49-46-43-40-38-35-33-30-26-22-18-14-10-6-2/h9-10,13-14,20-22,24-26,32-35,37,39-40,43,49,53,75-77,82H,5-8,11-12,15-19,23,27-31,36,38,41-42,44-48,50-52,54-74H2,1-4H3,(H,87,88)(H,89,90)/b13-9-,14-10-,24-20-,25-21-,26-22-,34-32-,35-33-,39-37-,43-40-,53-49-. The summed E-state index contributed by atoms with van der Waals surface area (Å²) in [6, 6.07) is 0. The molecule has 17 nitrogen and oxygen atoms in total. The lowest BCUT2D eigenvalue weighted by atomic mass is 10.0. The van der Waals surface area contributed by atoms with Gasteiger partial charge < -0.3 is 33.8 Å². The number of aliphatic hydroxyl groups is 1. The van der Waals surface area contributed by atoms with Gasteiger partial charge in [0.2, 0.25) is 0 Å². The Morgan fingerprint density at radius 2 is 0.540 bits per heavy atom. The van der Waals surface area contributed by atoms with Crippen LogP contribution in [0.2, 0.25) is 0 Å². The molecule has 0 spiro atoms. The van der Waals surface area contributed by atoms with E-state index in [1.54, 1.807) is 0 Å². The first kappa shape index (κ1) is 95.5. The van der Waals surface area contributed by atoms with Crippen LogP contribution in [0.4, 0.5) is 0 Å². The molecule has 0 heterocycles. The van der Waals surface area contributed by atoms with Crippen LogP contribution < -0.4 is 0 Å². The number of rotatable bonds is 72.